The van der Waals surface area contributed by atoms with Crippen LogP contribution in [-0.2, 0) is 4.79 Å². The lowest BCUT2D eigenvalue weighted by atomic mass is 10.2. The molecular formula is C19H23BrN4O2. The van der Waals surface area contributed by atoms with Crippen molar-refractivity contribution >= 4 is 33.3 Å². The molecule has 0 aliphatic carbocycles. The monoisotopic (exact) mass is 418 g/mol. The minimum atomic E-state index is -0.183. The number of pyridine rings is 1. The zero-order valence-electron chi connectivity index (χ0n) is 15.0. The van der Waals surface area contributed by atoms with E-state index in [0.717, 1.165) is 47.9 Å². The average Bonchev–Trinajstić information content (AvgIpc) is 2.69. The molecule has 1 N–H and O–H groups in total. The van der Waals surface area contributed by atoms with Crippen LogP contribution < -0.4 is 15.0 Å². The smallest absolute Gasteiger partial charge is 0.241 e. The van der Waals surface area contributed by atoms with Gasteiger partial charge in [-0.05, 0) is 59.3 Å². The van der Waals surface area contributed by atoms with E-state index in [-0.39, 0.29) is 11.9 Å². The van der Waals surface area contributed by atoms with E-state index >= 15 is 0 Å². The summed E-state index contributed by atoms with van der Waals surface area (Å²) < 4.78 is 6.11. The van der Waals surface area contributed by atoms with Gasteiger partial charge in [-0.25, -0.2) is 4.98 Å². The van der Waals surface area contributed by atoms with Crippen molar-refractivity contribution in [1.29, 1.82) is 0 Å². The molecule has 2 aromatic rings. The summed E-state index contributed by atoms with van der Waals surface area (Å²) in [6.45, 7) is 5.32. The third kappa shape index (κ3) is 4.53. The van der Waals surface area contributed by atoms with Gasteiger partial charge in [0.1, 0.15) is 11.6 Å². The molecule has 26 heavy (non-hydrogen) atoms. The number of nitrogens with zero attached hydrogens (tertiary/aromatic N) is 3. The van der Waals surface area contributed by atoms with Gasteiger partial charge in [-0.1, -0.05) is 0 Å². The first kappa shape index (κ1) is 18.7. The van der Waals surface area contributed by atoms with Crippen molar-refractivity contribution in [3.05, 3.63) is 47.1 Å². The summed E-state index contributed by atoms with van der Waals surface area (Å²) in [5, 5.41) is 2.97. The van der Waals surface area contributed by atoms with Crippen LogP contribution >= 0.6 is 15.9 Å². The van der Waals surface area contributed by atoms with Crippen LogP contribution in [0.2, 0.25) is 0 Å². The molecule has 0 radical (unpaired) electrons. The van der Waals surface area contributed by atoms with Gasteiger partial charge in [0.2, 0.25) is 5.91 Å². The lowest BCUT2D eigenvalue weighted by molar-refractivity contribution is -0.120. The second-order valence-corrected chi connectivity index (χ2v) is 7.17. The average molecular weight is 419 g/mol. The Morgan fingerprint density at radius 1 is 1.15 bits per heavy atom. The highest BCUT2D eigenvalue weighted by molar-refractivity contribution is 9.10. The van der Waals surface area contributed by atoms with E-state index in [1.54, 1.807) is 7.11 Å². The molecule has 0 saturated carbocycles. The number of ether oxygens (including phenoxy) is 1. The van der Waals surface area contributed by atoms with Crippen molar-refractivity contribution in [3.63, 3.8) is 0 Å². The van der Waals surface area contributed by atoms with Crippen molar-refractivity contribution in [2.45, 2.75) is 13.0 Å². The zero-order chi connectivity index (χ0) is 18.5. The highest BCUT2D eigenvalue weighted by Gasteiger charge is 2.26. The van der Waals surface area contributed by atoms with Crippen molar-refractivity contribution in [2.24, 2.45) is 0 Å². The maximum absolute atomic E-state index is 12.5. The van der Waals surface area contributed by atoms with Crippen LogP contribution in [0.15, 0.2) is 47.1 Å². The van der Waals surface area contributed by atoms with Crippen LogP contribution in [0, 0.1) is 0 Å². The van der Waals surface area contributed by atoms with E-state index in [1.165, 1.54) is 0 Å². The van der Waals surface area contributed by atoms with Crippen molar-refractivity contribution in [1.82, 2.24) is 9.88 Å². The van der Waals surface area contributed by atoms with Crippen LogP contribution in [0.4, 0.5) is 11.5 Å². The zero-order valence-corrected chi connectivity index (χ0v) is 16.6. The Balaban J connectivity index is 1.52. The number of benzene rings is 1. The van der Waals surface area contributed by atoms with Crippen LogP contribution in [0.1, 0.15) is 6.92 Å². The number of piperazine rings is 1. The fraction of sp³-hybridized carbons (Fsp3) is 0.368. The van der Waals surface area contributed by atoms with E-state index in [1.807, 2.05) is 49.5 Å². The van der Waals surface area contributed by atoms with Gasteiger partial charge >= 0.3 is 0 Å². The molecule has 2 heterocycles. The van der Waals surface area contributed by atoms with Gasteiger partial charge in [0, 0.05) is 42.5 Å². The molecule has 7 heteroatoms. The molecule has 6 nitrogen and oxygen atoms in total. The highest BCUT2D eigenvalue weighted by atomic mass is 79.9. The van der Waals surface area contributed by atoms with Gasteiger partial charge in [0.05, 0.1) is 13.2 Å². The predicted molar refractivity (Wildman–Crippen MR) is 107 cm³/mol. The summed E-state index contributed by atoms with van der Waals surface area (Å²) in [5.41, 5.74) is 0.778. The Hall–Kier alpha value is -2.12. The standard InChI is InChI=1S/C19H23BrN4O2/c1-14(19(25)22-16-4-6-17(26-2)7-5-16)23-9-11-24(12-10-23)18-8-3-15(20)13-21-18/h3-8,13-14H,9-12H2,1-2H3,(H,22,25). The second-order valence-electron chi connectivity index (χ2n) is 6.25. The van der Waals surface area contributed by atoms with E-state index < -0.39 is 0 Å². The summed E-state index contributed by atoms with van der Waals surface area (Å²) in [4.78, 5) is 21.4. The minimum absolute atomic E-state index is 0.00498. The molecule has 1 atom stereocenters. The van der Waals surface area contributed by atoms with E-state index in [0.29, 0.717) is 0 Å². The summed E-state index contributed by atoms with van der Waals surface area (Å²) >= 11 is 3.41. The lowest BCUT2D eigenvalue weighted by Gasteiger charge is -2.38. The Labute approximate surface area is 162 Å². The number of nitrogens with one attached hydrogen (secondary N) is 1. The molecule has 1 aliphatic heterocycles. The van der Waals surface area contributed by atoms with Gasteiger partial charge in [-0.3, -0.25) is 9.69 Å². The Kier molecular flexibility index (Phi) is 6.11. The minimum Gasteiger partial charge on any atom is -0.497 e. The van der Waals surface area contributed by atoms with Crippen molar-refractivity contribution < 1.29 is 9.53 Å². The number of carbonyl (C=O) groups excluding carboxylic acids is 1. The van der Waals surface area contributed by atoms with Crippen LogP contribution in [0.3, 0.4) is 0 Å². The fourth-order valence-corrected chi connectivity index (χ4v) is 3.21. The maximum atomic E-state index is 12.5. The summed E-state index contributed by atoms with van der Waals surface area (Å²) in [5.74, 6) is 1.75. The van der Waals surface area contributed by atoms with Gasteiger partial charge in [0.25, 0.3) is 0 Å². The lowest BCUT2D eigenvalue weighted by Crippen LogP contribution is -2.53. The second kappa shape index (κ2) is 8.51. The molecule has 1 aromatic carbocycles. The molecule has 0 spiro atoms. The first-order chi connectivity index (χ1) is 12.6. The molecule has 1 unspecified atom stereocenters. The molecule has 138 valence electrons. The third-order valence-corrected chi connectivity index (χ3v) is 5.10. The molecule has 1 saturated heterocycles. The first-order valence-corrected chi connectivity index (χ1v) is 9.41. The summed E-state index contributed by atoms with van der Waals surface area (Å²) in [6.07, 6.45) is 1.81. The van der Waals surface area contributed by atoms with Crippen molar-refractivity contribution in [3.8, 4) is 5.75 Å². The number of carbonyl (C=O) groups is 1. The predicted octanol–water partition coefficient (Wildman–Crippen LogP) is 3.00. The fourth-order valence-electron chi connectivity index (χ4n) is 2.98. The number of amides is 1. The number of anilines is 2. The van der Waals surface area contributed by atoms with Gasteiger partial charge in [-0.2, -0.15) is 0 Å². The van der Waals surface area contributed by atoms with Crippen LogP contribution in [-0.4, -0.2) is 55.1 Å². The Morgan fingerprint density at radius 3 is 2.42 bits per heavy atom. The van der Waals surface area contributed by atoms with E-state index in [2.05, 4.69) is 36.0 Å². The van der Waals surface area contributed by atoms with Crippen LogP contribution in [0.25, 0.3) is 0 Å². The highest BCUT2D eigenvalue weighted by Crippen LogP contribution is 2.19. The molecular weight excluding hydrogens is 396 g/mol. The Morgan fingerprint density at radius 2 is 1.85 bits per heavy atom. The van der Waals surface area contributed by atoms with E-state index in [4.69, 9.17) is 4.74 Å². The topological polar surface area (TPSA) is 57.7 Å². The number of aromatic nitrogens is 1. The van der Waals surface area contributed by atoms with Crippen LogP contribution in [0.5, 0.6) is 5.75 Å². The quantitative estimate of drug-likeness (QED) is 0.808. The number of methoxy groups -OCH3 is 1. The number of rotatable bonds is 5. The van der Waals surface area contributed by atoms with Crippen molar-refractivity contribution in [2.75, 3.05) is 43.5 Å². The molecule has 1 amide bonds. The maximum Gasteiger partial charge on any atom is 0.241 e. The summed E-state index contributed by atoms with van der Waals surface area (Å²) in [6, 6.07) is 11.2. The Bertz CT molecular complexity index is 728. The van der Waals surface area contributed by atoms with Gasteiger partial charge in [-0.15, -0.1) is 0 Å². The third-order valence-electron chi connectivity index (χ3n) is 4.63. The summed E-state index contributed by atoms with van der Waals surface area (Å²) in [7, 11) is 1.62. The molecule has 0 bridgehead atoms. The molecule has 3 rings (SSSR count). The van der Waals surface area contributed by atoms with Gasteiger partial charge < -0.3 is 15.0 Å². The molecule has 1 fully saturated rings. The largest absolute Gasteiger partial charge is 0.497 e. The van der Waals surface area contributed by atoms with Gasteiger partial charge in [0.15, 0.2) is 0 Å². The number of hydrogen-bond acceptors (Lipinski definition) is 5. The first-order valence-electron chi connectivity index (χ1n) is 8.62. The normalized spacial score (nSPS) is 16.2. The molecule has 1 aliphatic rings. The SMILES string of the molecule is COc1ccc(NC(=O)C(C)N2CCN(c3ccc(Br)cn3)CC2)cc1. The molecule has 1 aromatic heterocycles. The number of hydrogen-bond donors (Lipinski definition) is 1. The number of halogens is 1. The van der Waals surface area contributed by atoms with E-state index in [9.17, 15) is 4.79 Å².